The summed E-state index contributed by atoms with van der Waals surface area (Å²) in [4.78, 5) is 2.25. The fourth-order valence-corrected chi connectivity index (χ4v) is 1.83. The average Bonchev–Trinajstić information content (AvgIpc) is 2.34. The number of hydrogen-bond donors (Lipinski definition) is 1. The van der Waals surface area contributed by atoms with Crippen molar-refractivity contribution in [2.45, 2.75) is 26.8 Å². The van der Waals surface area contributed by atoms with Crippen LogP contribution in [0.25, 0.3) is 0 Å². The highest BCUT2D eigenvalue weighted by molar-refractivity contribution is 5.36. The number of ether oxygens (including phenoxy) is 1. The van der Waals surface area contributed by atoms with Gasteiger partial charge in [-0.05, 0) is 26.1 Å². The minimum atomic E-state index is -0.294. The van der Waals surface area contributed by atoms with Crippen molar-refractivity contribution in [2.75, 3.05) is 26.2 Å². The van der Waals surface area contributed by atoms with E-state index in [0.29, 0.717) is 12.4 Å². The summed E-state index contributed by atoms with van der Waals surface area (Å²) >= 11 is 0. The zero-order chi connectivity index (χ0) is 13.5. The predicted molar refractivity (Wildman–Crippen MR) is 72.3 cm³/mol. The molecule has 0 radical (unpaired) electrons. The van der Waals surface area contributed by atoms with E-state index in [1.165, 1.54) is 12.1 Å². The first-order valence-corrected chi connectivity index (χ1v) is 6.48. The third kappa shape index (κ3) is 4.27. The van der Waals surface area contributed by atoms with Crippen molar-refractivity contribution < 1.29 is 9.13 Å². The van der Waals surface area contributed by atoms with Gasteiger partial charge in [0.1, 0.15) is 18.2 Å². The minimum Gasteiger partial charge on any atom is -0.492 e. The lowest BCUT2D eigenvalue weighted by Gasteiger charge is -2.19. The lowest BCUT2D eigenvalue weighted by molar-refractivity contribution is 0.220. The minimum absolute atomic E-state index is 0.158. The maximum Gasteiger partial charge on any atom is 0.127 e. The first kappa shape index (κ1) is 14.9. The van der Waals surface area contributed by atoms with Crippen LogP contribution >= 0.6 is 0 Å². The van der Waals surface area contributed by atoms with E-state index in [0.717, 1.165) is 25.2 Å². The molecule has 0 amide bonds. The van der Waals surface area contributed by atoms with Crippen molar-refractivity contribution in [2.24, 2.45) is 5.73 Å². The molecule has 2 N–H and O–H groups in total. The molecule has 1 rings (SSSR count). The summed E-state index contributed by atoms with van der Waals surface area (Å²) in [5.74, 6) is 0.259. The standard InChI is InChI=1S/C14H23FN2O/c1-4-17(5-2)8-9-18-14-10-12(15)6-7-13(14)11(3)16/h6-7,10-11H,4-5,8-9,16H2,1-3H3. The van der Waals surface area contributed by atoms with E-state index in [1.807, 2.05) is 6.92 Å². The first-order valence-electron chi connectivity index (χ1n) is 6.48. The molecule has 1 unspecified atom stereocenters. The van der Waals surface area contributed by atoms with E-state index in [-0.39, 0.29) is 11.9 Å². The van der Waals surface area contributed by atoms with Gasteiger partial charge in [-0.1, -0.05) is 19.9 Å². The Hall–Kier alpha value is -1.13. The molecule has 4 heteroatoms. The Labute approximate surface area is 109 Å². The van der Waals surface area contributed by atoms with Crippen LogP contribution < -0.4 is 10.5 Å². The van der Waals surface area contributed by atoms with Crippen molar-refractivity contribution in [1.82, 2.24) is 4.90 Å². The summed E-state index contributed by atoms with van der Waals surface area (Å²) in [5.41, 5.74) is 6.68. The Balaban J connectivity index is 2.63. The number of benzene rings is 1. The fourth-order valence-electron chi connectivity index (χ4n) is 1.83. The summed E-state index contributed by atoms with van der Waals surface area (Å²) < 4.78 is 18.8. The first-order chi connectivity index (χ1) is 8.58. The maximum absolute atomic E-state index is 13.2. The van der Waals surface area contributed by atoms with E-state index in [4.69, 9.17) is 10.5 Å². The quantitative estimate of drug-likeness (QED) is 0.812. The summed E-state index contributed by atoms with van der Waals surface area (Å²) in [5, 5.41) is 0. The van der Waals surface area contributed by atoms with E-state index >= 15 is 0 Å². The molecule has 1 aromatic carbocycles. The Morgan fingerprint density at radius 1 is 1.33 bits per heavy atom. The van der Waals surface area contributed by atoms with Gasteiger partial charge in [-0.25, -0.2) is 4.39 Å². The van der Waals surface area contributed by atoms with Gasteiger partial charge >= 0.3 is 0 Å². The van der Waals surface area contributed by atoms with E-state index < -0.39 is 0 Å². The molecule has 1 aromatic rings. The van der Waals surface area contributed by atoms with Crippen LogP contribution in [0.3, 0.4) is 0 Å². The van der Waals surface area contributed by atoms with Gasteiger partial charge in [0.05, 0.1) is 0 Å². The van der Waals surface area contributed by atoms with Crippen LogP contribution in [0, 0.1) is 5.82 Å². The molecule has 3 nitrogen and oxygen atoms in total. The highest BCUT2D eigenvalue weighted by Gasteiger charge is 2.09. The summed E-state index contributed by atoms with van der Waals surface area (Å²) in [6.07, 6.45) is 0. The molecule has 1 atom stereocenters. The summed E-state index contributed by atoms with van der Waals surface area (Å²) in [7, 11) is 0. The molecule has 0 fully saturated rings. The van der Waals surface area contributed by atoms with Gasteiger partial charge in [-0.2, -0.15) is 0 Å². The van der Waals surface area contributed by atoms with Crippen molar-refractivity contribution in [3.63, 3.8) is 0 Å². The lowest BCUT2D eigenvalue weighted by atomic mass is 10.1. The number of hydrogen-bond acceptors (Lipinski definition) is 3. The fraction of sp³-hybridized carbons (Fsp3) is 0.571. The van der Waals surface area contributed by atoms with E-state index in [1.54, 1.807) is 6.07 Å². The third-order valence-corrected chi connectivity index (χ3v) is 3.03. The largest absolute Gasteiger partial charge is 0.492 e. The molecule has 0 aliphatic rings. The molecule has 18 heavy (non-hydrogen) atoms. The number of halogens is 1. The maximum atomic E-state index is 13.2. The Morgan fingerprint density at radius 2 is 2.00 bits per heavy atom. The summed E-state index contributed by atoms with van der Waals surface area (Å²) in [6, 6.07) is 4.35. The Bertz CT molecular complexity index is 365. The van der Waals surface area contributed by atoms with Crippen molar-refractivity contribution in [3.8, 4) is 5.75 Å². The number of nitrogens with two attached hydrogens (primary N) is 1. The molecular formula is C14H23FN2O. The lowest BCUT2D eigenvalue weighted by Crippen LogP contribution is -2.28. The molecule has 0 bridgehead atoms. The van der Waals surface area contributed by atoms with Gasteiger partial charge in [0, 0.05) is 24.2 Å². The van der Waals surface area contributed by atoms with Gasteiger partial charge in [0.25, 0.3) is 0 Å². The second kappa shape index (κ2) is 7.34. The van der Waals surface area contributed by atoms with Crippen LogP contribution in [-0.4, -0.2) is 31.1 Å². The van der Waals surface area contributed by atoms with Gasteiger partial charge in [0.15, 0.2) is 0 Å². The topological polar surface area (TPSA) is 38.5 Å². The zero-order valence-corrected chi connectivity index (χ0v) is 11.4. The molecule has 102 valence electrons. The highest BCUT2D eigenvalue weighted by atomic mass is 19.1. The van der Waals surface area contributed by atoms with E-state index in [9.17, 15) is 4.39 Å². The van der Waals surface area contributed by atoms with Gasteiger partial charge in [-0.3, -0.25) is 0 Å². The van der Waals surface area contributed by atoms with Crippen LogP contribution in [0.5, 0.6) is 5.75 Å². The zero-order valence-electron chi connectivity index (χ0n) is 11.4. The molecule has 0 spiro atoms. The number of rotatable bonds is 7. The van der Waals surface area contributed by atoms with Crippen molar-refractivity contribution in [1.29, 1.82) is 0 Å². The molecular weight excluding hydrogens is 231 g/mol. The number of nitrogens with zero attached hydrogens (tertiary/aromatic N) is 1. The smallest absolute Gasteiger partial charge is 0.127 e. The normalized spacial score (nSPS) is 12.8. The third-order valence-electron chi connectivity index (χ3n) is 3.03. The summed E-state index contributed by atoms with van der Waals surface area (Å²) in [6.45, 7) is 9.45. The molecule has 0 heterocycles. The van der Waals surface area contributed by atoms with Crippen LogP contribution in [0.4, 0.5) is 4.39 Å². The second-order valence-corrected chi connectivity index (χ2v) is 4.35. The highest BCUT2D eigenvalue weighted by Crippen LogP contribution is 2.24. The monoisotopic (exact) mass is 254 g/mol. The van der Waals surface area contributed by atoms with Crippen molar-refractivity contribution in [3.05, 3.63) is 29.6 Å². The van der Waals surface area contributed by atoms with Crippen molar-refractivity contribution >= 4 is 0 Å². The Morgan fingerprint density at radius 3 is 2.56 bits per heavy atom. The second-order valence-electron chi connectivity index (χ2n) is 4.35. The predicted octanol–water partition coefficient (Wildman–Crippen LogP) is 2.57. The van der Waals surface area contributed by atoms with Crippen LogP contribution in [0.2, 0.25) is 0 Å². The van der Waals surface area contributed by atoms with Gasteiger partial charge in [-0.15, -0.1) is 0 Å². The average molecular weight is 254 g/mol. The van der Waals surface area contributed by atoms with Gasteiger partial charge < -0.3 is 15.4 Å². The van der Waals surface area contributed by atoms with Crippen LogP contribution in [0.15, 0.2) is 18.2 Å². The van der Waals surface area contributed by atoms with Crippen LogP contribution in [0.1, 0.15) is 32.4 Å². The SMILES string of the molecule is CCN(CC)CCOc1cc(F)ccc1C(C)N. The molecule has 0 aliphatic heterocycles. The Kier molecular flexibility index (Phi) is 6.09. The van der Waals surface area contributed by atoms with Gasteiger partial charge in [0.2, 0.25) is 0 Å². The molecule has 0 aromatic heterocycles. The number of likely N-dealkylation sites (N-methyl/N-ethyl adjacent to an activating group) is 1. The van der Waals surface area contributed by atoms with E-state index in [2.05, 4.69) is 18.7 Å². The molecule has 0 saturated carbocycles. The molecule has 0 aliphatic carbocycles. The molecule has 0 saturated heterocycles. The van der Waals surface area contributed by atoms with Crippen LogP contribution in [-0.2, 0) is 0 Å².